The fraction of sp³-hybridized carbons (Fsp3) is 0.409. The molecule has 1 saturated carbocycles. The van der Waals surface area contributed by atoms with Crippen LogP contribution < -0.4 is 20.5 Å². The molecular formula is C22H25ClN2O6S. The molecule has 3 N–H and O–H groups in total. The molecule has 10 heteroatoms. The fourth-order valence-corrected chi connectivity index (χ4v) is 6.62. The average Bonchev–Trinajstić information content (AvgIpc) is 3.13. The minimum Gasteiger partial charge on any atom is -0.454 e. The third kappa shape index (κ3) is 4.00. The summed E-state index contributed by atoms with van der Waals surface area (Å²) in [6, 6.07) is 11.1. The van der Waals surface area contributed by atoms with Gasteiger partial charge in [-0.3, -0.25) is 0 Å². The SMILES string of the molecule is CC(C)(C)OC(=O)N[C@]1(CN)[C@H](c2ccc3c(c2)OCO3)[C@@H]1S(=O)(=O)c1ccc(Cl)cc1. The second-order valence-electron chi connectivity index (χ2n) is 8.88. The molecule has 4 rings (SSSR count). The number of benzene rings is 2. The molecule has 0 saturated heterocycles. The molecule has 2 aromatic carbocycles. The van der Waals surface area contributed by atoms with E-state index in [-0.39, 0.29) is 18.2 Å². The van der Waals surface area contributed by atoms with Crippen molar-refractivity contribution in [2.24, 2.45) is 5.73 Å². The number of sulfone groups is 1. The van der Waals surface area contributed by atoms with Crippen molar-refractivity contribution < 1.29 is 27.4 Å². The van der Waals surface area contributed by atoms with Gasteiger partial charge in [0.15, 0.2) is 21.3 Å². The summed E-state index contributed by atoms with van der Waals surface area (Å²) in [6.07, 6.45) is -0.734. The number of hydrogen-bond acceptors (Lipinski definition) is 7. The Morgan fingerprint density at radius 2 is 1.84 bits per heavy atom. The molecule has 0 unspecified atom stereocenters. The lowest BCUT2D eigenvalue weighted by Gasteiger charge is -2.24. The lowest BCUT2D eigenvalue weighted by molar-refractivity contribution is 0.0497. The van der Waals surface area contributed by atoms with E-state index in [1.807, 2.05) is 0 Å². The first kappa shape index (κ1) is 22.7. The lowest BCUT2D eigenvalue weighted by Crippen LogP contribution is -2.49. The third-order valence-corrected chi connectivity index (χ3v) is 8.10. The van der Waals surface area contributed by atoms with Gasteiger partial charge >= 0.3 is 6.09 Å². The summed E-state index contributed by atoms with van der Waals surface area (Å²) in [7, 11) is -3.88. The molecule has 1 aliphatic carbocycles. The molecule has 1 aliphatic heterocycles. The summed E-state index contributed by atoms with van der Waals surface area (Å²) >= 11 is 5.94. The smallest absolute Gasteiger partial charge is 0.408 e. The van der Waals surface area contributed by atoms with E-state index in [9.17, 15) is 13.2 Å². The lowest BCUT2D eigenvalue weighted by atomic mass is 10.1. The number of halogens is 1. The van der Waals surface area contributed by atoms with E-state index < -0.39 is 38.2 Å². The van der Waals surface area contributed by atoms with Gasteiger partial charge < -0.3 is 25.3 Å². The van der Waals surface area contributed by atoms with Crippen molar-refractivity contribution in [3.63, 3.8) is 0 Å². The molecule has 172 valence electrons. The van der Waals surface area contributed by atoms with Crippen molar-refractivity contribution in [3.05, 3.63) is 53.1 Å². The van der Waals surface area contributed by atoms with Crippen LogP contribution in [0.15, 0.2) is 47.4 Å². The molecule has 0 bridgehead atoms. The van der Waals surface area contributed by atoms with Crippen LogP contribution >= 0.6 is 11.6 Å². The molecule has 1 amide bonds. The first-order chi connectivity index (χ1) is 15.0. The Kier molecular flexibility index (Phi) is 5.55. The van der Waals surface area contributed by atoms with Crippen molar-refractivity contribution >= 4 is 27.5 Å². The minimum atomic E-state index is -3.88. The van der Waals surface area contributed by atoms with Gasteiger partial charge in [0.1, 0.15) is 10.9 Å². The maximum Gasteiger partial charge on any atom is 0.408 e. The zero-order valence-corrected chi connectivity index (χ0v) is 19.5. The summed E-state index contributed by atoms with van der Waals surface area (Å²) in [5.41, 5.74) is 4.75. The predicted molar refractivity (Wildman–Crippen MR) is 119 cm³/mol. The van der Waals surface area contributed by atoms with Gasteiger partial charge in [0.2, 0.25) is 6.79 Å². The van der Waals surface area contributed by atoms with Crippen molar-refractivity contribution in [2.45, 2.75) is 48.0 Å². The molecule has 1 heterocycles. The molecule has 8 nitrogen and oxygen atoms in total. The fourth-order valence-electron chi connectivity index (χ4n) is 4.15. The van der Waals surface area contributed by atoms with E-state index in [1.165, 1.54) is 24.3 Å². The average molecular weight is 481 g/mol. The van der Waals surface area contributed by atoms with E-state index in [0.717, 1.165) is 0 Å². The van der Waals surface area contributed by atoms with Crippen molar-refractivity contribution in [3.8, 4) is 11.5 Å². The van der Waals surface area contributed by atoms with E-state index in [0.29, 0.717) is 22.1 Å². The monoisotopic (exact) mass is 480 g/mol. The van der Waals surface area contributed by atoms with Gasteiger partial charge in [-0.05, 0) is 62.7 Å². The molecule has 1 fully saturated rings. The number of amides is 1. The molecule has 32 heavy (non-hydrogen) atoms. The second-order valence-corrected chi connectivity index (χ2v) is 11.4. The van der Waals surface area contributed by atoms with E-state index >= 15 is 0 Å². The first-order valence-electron chi connectivity index (χ1n) is 10.1. The molecule has 2 aliphatic rings. The minimum absolute atomic E-state index is 0.0914. The van der Waals surface area contributed by atoms with Gasteiger partial charge in [-0.2, -0.15) is 0 Å². The number of rotatable bonds is 5. The van der Waals surface area contributed by atoms with Crippen molar-refractivity contribution in [1.82, 2.24) is 5.32 Å². The number of nitrogens with two attached hydrogens (primary N) is 1. The molecule has 0 aromatic heterocycles. The Balaban J connectivity index is 1.75. The van der Waals surface area contributed by atoms with E-state index in [4.69, 9.17) is 31.5 Å². The summed E-state index contributed by atoms with van der Waals surface area (Å²) in [4.78, 5) is 12.7. The summed E-state index contributed by atoms with van der Waals surface area (Å²) in [5.74, 6) is 0.473. The highest BCUT2D eigenvalue weighted by Gasteiger charge is 2.72. The molecular weight excluding hydrogens is 456 g/mol. The van der Waals surface area contributed by atoms with Crippen LogP contribution in [0.4, 0.5) is 4.79 Å². The maximum atomic E-state index is 13.6. The topological polar surface area (TPSA) is 117 Å². The largest absolute Gasteiger partial charge is 0.454 e. The van der Waals surface area contributed by atoms with E-state index in [2.05, 4.69) is 5.32 Å². The quantitative estimate of drug-likeness (QED) is 0.674. The van der Waals surface area contributed by atoms with Gasteiger partial charge in [0, 0.05) is 17.5 Å². The molecule has 3 atom stereocenters. The Bertz CT molecular complexity index is 1150. The molecule has 0 radical (unpaired) electrons. The highest BCUT2D eigenvalue weighted by Crippen LogP contribution is 2.58. The van der Waals surface area contributed by atoms with Crippen LogP contribution in [0.3, 0.4) is 0 Å². The summed E-state index contributed by atoms with van der Waals surface area (Å²) < 4.78 is 43.4. The zero-order valence-electron chi connectivity index (χ0n) is 17.9. The predicted octanol–water partition coefficient (Wildman–Crippen LogP) is 3.23. The van der Waals surface area contributed by atoms with Crippen molar-refractivity contribution in [1.29, 1.82) is 0 Å². The van der Waals surface area contributed by atoms with Crippen LogP contribution in [0, 0.1) is 0 Å². The van der Waals surface area contributed by atoms with Crippen LogP contribution in [0.5, 0.6) is 11.5 Å². The van der Waals surface area contributed by atoms with Crippen LogP contribution in [-0.2, 0) is 14.6 Å². The highest BCUT2D eigenvalue weighted by molar-refractivity contribution is 7.92. The number of carbonyl (C=O) groups is 1. The Labute approximate surface area is 191 Å². The first-order valence-corrected chi connectivity index (χ1v) is 12.0. The molecule has 2 aromatic rings. The Morgan fingerprint density at radius 3 is 2.47 bits per heavy atom. The summed E-state index contributed by atoms with van der Waals surface area (Å²) in [5, 5.41) is 2.18. The summed E-state index contributed by atoms with van der Waals surface area (Å²) in [6.45, 7) is 5.17. The standard InChI is InChI=1S/C22H25ClN2O6S/c1-21(2,3)31-20(26)25-22(11-24)18(13-4-9-16-17(10-13)30-12-29-16)19(22)32(27,28)15-7-5-14(23)6-8-15/h4-10,18-19H,11-12,24H2,1-3H3,(H,25,26)/t18-,19+,22-/m1/s1. The van der Waals surface area contributed by atoms with Crippen molar-refractivity contribution in [2.75, 3.05) is 13.3 Å². The number of alkyl carbamates (subject to hydrolysis) is 1. The number of hydrogen-bond donors (Lipinski definition) is 2. The third-order valence-electron chi connectivity index (χ3n) is 5.56. The number of ether oxygens (including phenoxy) is 3. The number of nitrogens with one attached hydrogen (secondary N) is 1. The van der Waals surface area contributed by atoms with Crippen LogP contribution in [-0.4, -0.2) is 44.2 Å². The highest BCUT2D eigenvalue weighted by atomic mass is 35.5. The normalized spacial score (nSPS) is 24.2. The molecule has 0 spiro atoms. The Hall–Kier alpha value is -2.49. The number of fused-ring (bicyclic) bond motifs is 1. The Morgan fingerprint density at radius 1 is 1.19 bits per heavy atom. The van der Waals surface area contributed by atoms with E-state index in [1.54, 1.807) is 39.0 Å². The van der Waals surface area contributed by atoms with Crippen LogP contribution in [0.25, 0.3) is 0 Å². The van der Waals surface area contributed by atoms with Gasteiger partial charge in [0.25, 0.3) is 0 Å². The van der Waals surface area contributed by atoms with Gasteiger partial charge in [0.05, 0.1) is 10.4 Å². The zero-order chi connectivity index (χ0) is 23.3. The van der Waals surface area contributed by atoms with Gasteiger partial charge in [-0.1, -0.05) is 17.7 Å². The number of carbonyl (C=O) groups excluding carboxylic acids is 1. The van der Waals surface area contributed by atoms with Gasteiger partial charge in [-0.25, -0.2) is 13.2 Å². The maximum absolute atomic E-state index is 13.6. The second kappa shape index (κ2) is 7.83. The van der Waals surface area contributed by atoms with Crippen LogP contribution in [0.2, 0.25) is 5.02 Å². The van der Waals surface area contributed by atoms with Crippen LogP contribution in [0.1, 0.15) is 32.3 Å². The van der Waals surface area contributed by atoms with Gasteiger partial charge in [-0.15, -0.1) is 0 Å².